The Balaban J connectivity index is 1.45. The standard InChI is InChI=1S/C24H26FN5O4S/c25-18-10-8-17(9-11-18)16-30-23(31)13-12-21(28-30)24(32)27-19-5-4-6-20(15-19)35(33,34)29-22-7-2-1-3-14-26-22/h4-6,8-11,15H,1-3,7,12-14,16H2,(H,26,29)(H,27,32). The Labute approximate surface area is 203 Å². The summed E-state index contributed by atoms with van der Waals surface area (Å²) in [5.74, 6) is -0.716. The number of hydrogen-bond donors (Lipinski definition) is 2. The van der Waals surface area contributed by atoms with Crippen molar-refractivity contribution in [3.63, 3.8) is 0 Å². The van der Waals surface area contributed by atoms with Crippen molar-refractivity contribution < 1.29 is 22.4 Å². The Kier molecular flexibility index (Phi) is 7.54. The van der Waals surface area contributed by atoms with Gasteiger partial charge in [0.1, 0.15) is 17.4 Å². The van der Waals surface area contributed by atoms with Gasteiger partial charge in [-0.25, -0.2) is 17.8 Å². The van der Waals surface area contributed by atoms with Gasteiger partial charge in [0, 0.05) is 31.5 Å². The van der Waals surface area contributed by atoms with E-state index >= 15 is 0 Å². The molecule has 2 aromatic rings. The minimum absolute atomic E-state index is 0.000874. The van der Waals surface area contributed by atoms with E-state index in [1.165, 1.54) is 35.3 Å². The summed E-state index contributed by atoms with van der Waals surface area (Å²) < 4.78 is 41.4. The quantitative estimate of drug-likeness (QED) is 0.634. The second kappa shape index (κ2) is 10.8. The summed E-state index contributed by atoms with van der Waals surface area (Å²) in [5, 5.41) is 8.03. The van der Waals surface area contributed by atoms with Crippen molar-refractivity contribution in [2.45, 2.75) is 50.0 Å². The van der Waals surface area contributed by atoms with Gasteiger partial charge in [0.05, 0.1) is 11.4 Å². The highest BCUT2D eigenvalue weighted by atomic mass is 32.2. The number of hydrazone groups is 1. The predicted molar refractivity (Wildman–Crippen MR) is 130 cm³/mol. The zero-order valence-corrected chi connectivity index (χ0v) is 19.9. The molecule has 0 bridgehead atoms. The molecule has 2 aliphatic heterocycles. The minimum atomic E-state index is -3.85. The van der Waals surface area contributed by atoms with E-state index in [1.54, 1.807) is 18.2 Å². The molecule has 4 rings (SSSR count). The topological polar surface area (TPSA) is 120 Å². The minimum Gasteiger partial charge on any atom is -0.321 e. The Morgan fingerprint density at radius 3 is 2.63 bits per heavy atom. The number of nitrogens with one attached hydrogen (secondary N) is 2. The number of rotatable bonds is 6. The van der Waals surface area contributed by atoms with Gasteiger partial charge in [0.25, 0.3) is 15.9 Å². The molecule has 0 unspecified atom stereocenters. The second-order valence-electron chi connectivity index (χ2n) is 8.35. The van der Waals surface area contributed by atoms with Crippen molar-refractivity contribution >= 4 is 39.1 Å². The number of aliphatic imine (C=N–C) groups is 1. The van der Waals surface area contributed by atoms with Crippen molar-refractivity contribution in [1.82, 2.24) is 9.73 Å². The maximum absolute atomic E-state index is 13.1. The first-order valence-electron chi connectivity index (χ1n) is 11.4. The van der Waals surface area contributed by atoms with Crippen LogP contribution in [0.25, 0.3) is 0 Å². The number of amidine groups is 1. The average Bonchev–Trinajstić information content (AvgIpc) is 3.10. The molecule has 0 saturated carbocycles. The van der Waals surface area contributed by atoms with Gasteiger partial charge in [-0.2, -0.15) is 5.10 Å². The molecule has 0 radical (unpaired) electrons. The number of halogens is 1. The van der Waals surface area contributed by atoms with Crippen LogP contribution in [0.2, 0.25) is 0 Å². The van der Waals surface area contributed by atoms with Crippen LogP contribution in [0.3, 0.4) is 0 Å². The molecule has 11 heteroatoms. The van der Waals surface area contributed by atoms with Gasteiger partial charge in [-0.3, -0.25) is 19.3 Å². The Bertz CT molecular complexity index is 1280. The first-order chi connectivity index (χ1) is 16.8. The van der Waals surface area contributed by atoms with Crippen LogP contribution >= 0.6 is 0 Å². The highest BCUT2D eigenvalue weighted by Gasteiger charge is 2.25. The zero-order chi connectivity index (χ0) is 24.8. The van der Waals surface area contributed by atoms with Crippen LogP contribution in [0.5, 0.6) is 0 Å². The molecule has 0 spiro atoms. The zero-order valence-electron chi connectivity index (χ0n) is 19.0. The maximum Gasteiger partial charge on any atom is 0.271 e. The molecule has 2 N–H and O–H groups in total. The van der Waals surface area contributed by atoms with Crippen molar-refractivity contribution in [3.8, 4) is 0 Å². The van der Waals surface area contributed by atoms with Crippen LogP contribution < -0.4 is 10.0 Å². The van der Waals surface area contributed by atoms with E-state index in [2.05, 4.69) is 20.1 Å². The third-order valence-corrected chi connectivity index (χ3v) is 7.02. The van der Waals surface area contributed by atoms with Crippen LogP contribution in [0.1, 0.15) is 44.1 Å². The third-order valence-electron chi connectivity index (χ3n) is 5.64. The SMILES string of the molecule is O=C(Nc1cccc(S(=O)(=O)NC2=NCCCCC2)c1)C1=NN(Cc2ccc(F)cc2)C(=O)CC1. The molecule has 9 nitrogen and oxygen atoms in total. The lowest BCUT2D eigenvalue weighted by Crippen LogP contribution is -2.36. The fourth-order valence-electron chi connectivity index (χ4n) is 3.77. The van der Waals surface area contributed by atoms with E-state index in [4.69, 9.17) is 0 Å². The summed E-state index contributed by atoms with van der Waals surface area (Å²) in [7, 11) is -3.85. The Hall–Kier alpha value is -3.60. The van der Waals surface area contributed by atoms with Crippen molar-refractivity contribution in [2.24, 2.45) is 10.1 Å². The van der Waals surface area contributed by atoms with E-state index < -0.39 is 15.9 Å². The van der Waals surface area contributed by atoms with Crippen molar-refractivity contribution in [3.05, 3.63) is 59.9 Å². The average molecular weight is 500 g/mol. The monoisotopic (exact) mass is 499 g/mol. The number of carbonyl (C=O) groups is 2. The van der Waals surface area contributed by atoms with E-state index in [1.807, 2.05) is 0 Å². The Morgan fingerprint density at radius 2 is 1.83 bits per heavy atom. The number of hydrogen-bond acceptors (Lipinski definition) is 6. The van der Waals surface area contributed by atoms with Gasteiger partial charge in [0.15, 0.2) is 0 Å². The van der Waals surface area contributed by atoms with E-state index in [9.17, 15) is 22.4 Å². The number of anilines is 1. The summed E-state index contributed by atoms with van der Waals surface area (Å²) in [4.78, 5) is 29.4. The smallest absolute Gasteiger partial charge is 0.271 e. The van der Waals surface area contributed by atoms with E-state index in [0.29, 0.717) is 24.4 Å². The van der Waals surface area contributed by atoms with Gasteiger partial charge >= 0.3 is 0 Å². The number of benzene rings is 2. The lowest BCUT2D eigenvalue weighted by molar-refractivity contribution is -0.132. The lowest BCUT2D eigenvalue weighted by Gasteiger charge is -2.23. The van der Waals surface area contributed by atoms with Crippen LogP contribution in [0.15, 0.2) is 63.5 Å². The summed E-state index contributed by atoms with van der Waals surface area (Å²) in [5.41, 5.74) is 1.10. The molecule has 2 aliphatic rings. The highest BCUT2D eigenvalue weighted by molar-refractivity contribution is 7.90. The normalized spacial score (nSPS) is 16.7. The molecule has 184 valence electrons. The molecule has 0 aromatic heterocycles. The molecule has 2 amide bonds. The molecule has 35 heavy (non-hydrogen) atoms. The summed E-state index contributed by atoms with van der Waals surface area (Å²) in [6.45, 7) is 0.704. The highest BCUT2D eigenvalue weighted by Crippen LogP contribution is 2.19. The molecule has 0 aliphatic carbocycles. The van der Waals surface area contributed by atoms with E-state index in [0.717, 1.165) is 19.3 Å². The van der Waals surface area contributed by atoms with E-state index in [-0.39, 0.29) is 47.4 Å². The molecular formula is C24H26FN5O4S. The molecular weight excluding hydrogens is 473 g/mol. The summed E-state index contributed by atoms with van der Waals surface area (Å²) in [6, 6.07) is 11.6. The van der Waals surface area contributed by atoms with Gasteiger partial charge in [-0.1, -0.05) is 24.6 Å². The number of carbonyl (C=O) groups excluding carboxylic acids is 2. The van der Waals surface area contributed by atoms with Gasteiger partial charge in [-0.05, 0) is 48.7 Å². The second-order valence-corrected chi connectivity index (χ2v) is 10.0. The van der Waals surface area contributed by atoms with Crippen LogP contribution in [0.4, 0.5) is 10.1 Å². The van der Waals surface area contributed by atoms with Crippen molar-refractivity contribution in [2.75, 3.05) is 11.9 Å². The number of amides is 2. The fourth-order valence-corrected chi connectivity index (χ4v) is 4.90. The van der Waals surface area contributed by atoms with Crippen LogP contribution in [-0.4, -0.2) is 43.3 Å². The molecule has 0 atom stereocenters. The Morgan fingerprint density at radius 1 is 1.03 bits per heavy atom. The first-order valence-corrected chi connectivity index (χ1v) is 12.9. The first kappa shape index (κ1) is 24.5. The van der Waals surface area contributed by atoms with Crippen LogP contribution in [0, 0.1) is 5.82 Å². The van der Waals surface area contributed by atoms with Gasteiger partial charge < -0.3 is 5.32 Å². The van der Waals surface area contributed by atoms with Gasteiger partial charge in [0.2, 0.25) is 5.91 Å². The number of sulfonamides is 1. The van der Waals surface area contributed by atoms with Crippen molar-refractivity contribution in [1.29, 1.82) is 0 Å². The lowest BCUT2D eigenvalue weighted by atomic mass is 10.1. The largest absolute Gasteiger partial charge is 0.321 e. The summed E-state index contributed by atoms with van der Waals surface area (Å²) in [6.07, 6.45) is 3.65. The number of nitrogens with zero attached hydrogens (tertiary/aromatic N) is 3. The molecule has 2 heterocycles. The third kappa shape index (κ3) is 6.50. The molecule has 0 saturated heterocycles. The predicted octanol–water partition coefficient (Wildman–Crippen LogP) is 3.19. The molecule has 0 fully saturated rings. The summed E-state index contributed by atoms with van der Waals surface area (Å²) >= 11 is 0. The van der Waals surface area contributed by atoms with Gasteiger partial charge in [-0.15, -0.1) is 0 Å². The molecule has 2 aromatic carbocycles. The van der Waals surface area contributed by atoms with Crippen LogP contribution in [-0.2, 0) is 26.2 Å². The maximum atomic E-state index is 13.1. The fraction of sp³-hybridized carbons (Fsp3) is 0.333.